The number of aryl methyl sites for hydroxylation is 1. The van der Waals surface area contributed by atoms with Crippen LogP contribution in [0.3, 0.4) is 0 Å². The zero-order chi connectivity index (χ0) is 19.9. The lowest BCUT2D eigenvalue weighted by Crippen LogP contribution is -2.18. The third kappa shape index (κ3) is 4.49. The van der Waals surface area contributed by atoms with Gasteiger partial charge in [-0.3, -0.25) is 14.3 Å². The fourth-order valence-corrected chi connectivity index (χ4v) is 2.90. The molecule has 146 valence electrons. The standard InChI is InChI=1S/C21H23N3O4/c1-3-27-15-9-10-20(28-4-2)17(13-15)23-21(26)11-12-24-18-8-6-5-7-16(18)19(25)14-22-24/h5-10,13-14H,3-4,11-12H2,1-2H3,(H,23,26). The van der Waals surface area contributed by atoms with Crippen LogP contribution in [0.2, 0.25) is 0 Å². The van der Waals surface area contributed by atoms with Crippen molar-refractivity contribution < 1.29 is 14.3 Å². The lowest BCUT2D eigenvalue weighted by Gasteiger charge is -2.14. The van der Waals surface area contributed by atoms with E-state index in [1.54, 1.807) is 35.0 Å². The summed E-state index contributed by atoms with van der Waals surface area (Å²) in [5, 5.41) is 7.61. The second kappa shape index (κ2) is 9.03. The van der Waals surface area contributed by atoms with Crippen LogP contribution in [0.1, 0.15) is 20.3 Å². The molecule has 1 N–H and O–H groups in total. The zero-order valence-electron chi connectivity index (χ0n) is 16.0. The highest BCUT2D eigenvalue weighted by molar-refractivity contribution is 5.92. The number of carbonyl (C=O) groups is 1. The molecule has 1 heterocycles. The Bertz CT molecular complexity index is 1030. The minimum Gasteiger partial charge on any atom is -0.494 e. The van der Waals surface area contributed by atoms with Gasteiger partial charge in [-0.25, -0.2) is 0 Å². The normalized spacial score (nSPS) is 10.6. The SMILES string of the molecule is CCOc1ccc(OCC)c(NC(=O)CCn2ncc(=O)c3ccccc32)c1. The Morgan fingerprint density at radius 1 is 1.11 bits per heavy atom. The average molecular weight is 381 g/mol. The van der Waals surface area contributed by atoms with Crippen molar-refractivity contribution in [3.05, 3.63) is 58.9 Å². The van der Waals surface area contributed by atoms with E-state index in [1.807, 2.05) is 26.0 Å². The van der Waals surface area contributed by atoms with Gasteiger partial charge in [-0.1, -0.05) is 12.1 Å². The molecule has 0 bridgehead atoms. The maximum Gasteiger partial charge on any atom is 0.226 e. The third-order valence-electron chi connectivity index (χ3n) is 4.15. The van der Waals surface area contributed by atoms with Crippen molar-refractivity contribution >= 4 is 22.5 Å². The number of ether oxygens (including phenoxy) is 2. The molecule has 0 saturated carbocycles. The fraction of sp³-hybridized carbons (Fsp3) is 0.286. The summed E-state index contributed by atoms with van der Waals surface area (Å²) in [6.07, 6.45) is 1.48. The van der Waals surface area contributed by atoms with Gasteiger partial charge in [0.1, 0.15) is 11.5 Å². The van der Waals surface area contributed by atoms with Gasteiger partial charge in [0.2, 0.25) is 11.3 Å². The molecular formula is C21H23N3O4. The second-order valence-electron chi connectivity index (χ2n) is 6.07. The second-order valence-corrected chi connectivity index (χ2v) is 6.07. The smallest absolute Gasteiger partial charge is 0.226 e. The van der Waals surface area contributed by atoms with E-state index in [9.17, 15) is 9.59 Å². The monoisotopic (exact) mass is 381 g/mol. The van der Waals surface area contributed by atoms with Crippen LogP contribution in [0.25, 0.3) is 10.9 Å². The number of aromatic nitrogens is 2. The first-order chi connectivity index (χ1) is 13.6. The van der Waals surface area contributed by atoms with E-state index in [2.05, 4.69) is 10.4 Å². The molecule has 2 aromatic carbocycles. The van der Waals surface area contributed by atoms with E-state index in [4.69, 9.17) is 9.47 Å². The highest BCUT2D eigenvalue weighted by Gasteiger charge is 2.11. The highest BCUT2D eigenvalue weighted by Crippen LogP contribution is 2.29. The molecule has 1 aromatic heterocycles. The maximum absolute atomic E-state index is 12.5. The number of para-hydroxylation sites is 1. The van der Waals surface area contributed by atoms with Gasteiger partial charge in [-0.05, 0) is 38.1 Å². The molecule has 0 aliphatic carbocycles. The molecule has 0 radical (unpaired) electrons. The molecule has 0 saturated heterocycles. The summed E-state index contributed by atoms with van der Waals surface area (Å²) in [6, 6.07) is 12.6. The van der Waals surface area contributed by atoms with Gasteiger partial charge in [0.05, 0.1) is 37.2 Å². The van der Waals surface area contributed by atoms with Crippen LogP contribution in [0, 0.1) is 0 Å². The van der Waals surface area contributed by atoms with Gasteiger partial charge < -0.3 is 14.8 Å². The Morgan fingerprint density at radius 2 is 1.89 bits per heavy atom. The van der Waals surface area contributed by atoms with Gasteiger partial charge in [0, 0.05) is 17.9 Å². The molecule has 3 rings (SSSR count). The average Bonchev–Trinajstić information content (AvgIpc) is 2.70. The van der Waals surface area contributed by atoms with Crippen molar-refractivity contribution in [3.8, 4) is 11.5 Å². The predicted molar refractivity (Wildman–Crippen MR) is 108 cm³/mol. The zero-order valence-corrected chi connectivity index (χ0v) is 16.0. The molecule has 0 fully saturated rings. The molecule has 7 heteroatoms. The summed E-state index contributed by atoms with van der Waals surface area (Å²) in [5.41, 5.74) is 1.14. The number of carbonyl (C=O) groups excluding carboxylic acids is 1. The van der Waals surface area contributed by atoms with Crippen molar-refractivity contribution in [2.45, 2.75) is 26.8 Å². The Hall–Kier alpha value is -3.35. The maximum atomic E-state index is 12.5. The number of nitrogens with zero attached hydrogens (tertiary/aromatic N) is 2. The summed E-state index contributed by atoms with van der Waals surface area (Å²) in [4.78, 5) is 24.4. The van der Waals surface area contributed by atoms with Crippen LogP contribution in [-0.2, 0) is 11.3 Å². The van der Waals surface area contributed by atoms with E-state index in [-0.39, 0.29) is 17.8 Å². The highest BCUT2D eigenvalue weighted by atomic mass is 16.5. The van der Waals surface area contributed by atoms with Crippen molar-refractivity contribution in [1.82, 2.24) is 9.78 Å². The van der Waals surface area contributed by atoms with Gasteiger partial charge in [0.25, 0.3) is 0 Å². The molecule has 0 aliphatic heterocycles. The van der Waals surface area contributed by atoms with Crippen molar-refractivity contribution in [1.29, 1.82) is 0 Å². The Labute approximate surface area is 162 Å². The van der Waals surface area contributed by atoms with Crippen LogP contribution >= 0.6 is 0 Å². The minimum absolute atomic E-state index is 0.134. The van der Waals surface area contributed by atoms with E-state index in [1.165, 1.54) is 6.20 Å². The van der Waals surface area contributed by atoms with Gasteiger partial charge >= 0.3 is 0 Å². The summed E-state index contributed by atoms with van der Waals surface area (Å²) in [6.45, 7) is 5.16. The first-order valence-electron chi connectivity index (χ1n) is 9.26. The number of nitrogens with one attached hydrogen (secondary N) is 1. The quantitative estimate of drug-likeness (QED) is 0.648. The predicted octanol–water partition coefficient (Wildman–Crippen LogP) is 3.22. The topological polar surface area (TPSA) is 82.4 Å². The summed E-state index contributed by atoms with van der Waals surface area (Å²) in [5.74, 6) is 1.07. The third-order valence-corrected chi connectivity index (χ3v) is 4.15. The van der Waals surface area contributed by atoms with E-state index < -0.39 is 0 Å². The molecule has 28 heavy (non-hydrogen) atoms. The summed E-state index contributed by atoms with van der Waals surface area (Å²) >= 11 is 0. The fourth-order valence-electron chi connectivity index (χ4n) is 2.90. The molecular weight excluding hydrogens is 358 g/mol. The van der Waals surface area contributed by atoms with Crippen LogP contribution in [0.15, 0.2) is 53.5 Å². The number of amides is 1. The van der Waals surface area contributed by atoms with Crippen molar-refractivity contribution in [2.24, 2.45) is 0 Å². The molecule has 1 amide bonds. The summed E-state index contributed by atoms with van der Waals surface area (Å²) < 4.78 is 12.7. The molecule has 3 aromatic rings. The number of hydrogen-bond acceptors (Lipinski definition) is 5. The lowest BCUT2D eigenvalue weighted by atomic mass is 10.2. The molecule has 0 unspecified atom stereocenters. The van der Waals surface area contributed by atoms with Crippen LogP contribution in [0.4, 0.5) is 5.69 Å². The van der Waals surface area contributed by atoms with Gasteiger partial charge in [-0.15, -0.1) is 0 Å². The van der Waals surface area contributed by atoms with Gasteiger partial charge in [-0.2, -0.15) is 5.10 Å². The Kier molecular flexibility index (Phi) is 6.26. The van der Waals surface area contributed by atoms with Crippen LogP contribution in [0.5, 0.6) is 11.5 Å². The Morgan fingerprint density at radius 3 is 2.68 bits per heavy atom. The lowest BCUT2D eigenvalue weighted by molar-refractivity contribution is -0.116. The number of fused-ring (bicyclic) bond motifs is 1. The molecule has 0 aliphatic rings. The molecule has 0 atom stereocenters. The van der Waals surface area contributed by atoms with E-state index in [0.29, 0.717) is 47.8 Å². The molecule has 7 nitrogen and oxygen atoms in total. The summed E-state index contributed by atoms with van der Waals surface area (Å²) in [7, 11) is 0. The van der Waals surface area contributed by atoms with Crippen LogP contribution < -0.4 is 20.2 Å². The number of anilines is 1. The van der Waals surface area contributed by atoms with E-state index >= 15 is 0 Å². The molecule has 0 spiro atoms. The van der Waals surface area contributed by atoms with Gasteiger partial charge in [0.15, 0.2) is 0 Å². The van der Waals surface area contributed by atoms with Crippen molar-refractivity contribution in [3.63, 3.8) is 0 Å². The van der Waals surface area contributed by atoms with E-state index in [0.717, 1.165) is 0 Å². The number of rotatable bonds is 8. The number of hydrogen-bond donors (Lipinski definition) is 1. The Balaban J connectivity index is 1.74. The first kappa shape index (κ1) is 19.4. The van der Waals surface area contributed by atoms with Crippen molar-refractivity contribution in [2.75, 3.05) is 18.5 Å². The van der Waals surface area contributed by atoms with Crippen LogP contribution in [-0.4, -0.2) is 28.9 Å². The number of benzene rings is 2. The largest absolute Gasteiger partial charge is 0.494 e. The first-order valence-corrected chi connectivity index (χ1v) is 9.26. The minimum atomic E-state index is -0.181.